The van der Waals surface area contributed by atoms with E-state index in [-0.39, 0.29) is 16.8 Å². The molecule has 6 nitrogen and oxygen atoms in total. The van der Waals surface area contributed by atoms with Gasteiger partial charge in [0.15, 0.2) is 5.65 Å². The Kier molecular flexibility index (Phi) is 4.99. The molecule has 3 rings (SSSR count). The molecule has 0 saturated carbocycles. The number of carbonyl (C=O) groups excluding carboxylic acids is 1. The van der Waals surface area contributed by atoms with E-state index in [1.54, 1.807) is 0 Å². The molecule has 136 valence electrons. The highest BCUT2D eigenvalue weighted by atomic mass is 19.3. The summed E-state index contributed by atoms with van der Waals surface area (Å²) in [7, 11) is 0. The highest BCUT2D eigenvalue weighted by Gasteiger charge is 2.32. The van der Waals surface area contributed by atoms with E-state index in [1.165, 1.54) is 23.0 Å². The summed E-state index contributed by atoms with van der Waals surface area (Å²) in [6.45, 7) is 6.00. The Bertz CT molecular complexity index is 754. The normalized spacial score (nSPS) is 16.5. The Balaban J connectivity index is 1.79. The third-order valence-electron chi connectivity index (χ3n) is 4.91. The lowest BCUT2D eigenvalue weighted by Gasteiger charge is -2.37. The van der Waals surface area contributed by atoms with Crippen LogP contribution in [0.5, 0.6) is 0 Å². The average molecular weight is 352 g/mol. The van der Waals surface area contributed by atoms with E-state index in [4.69, 9.17) is 4.74 Å². The molecular formula is C17H22F2N4O2. The van der Waals surface area contributed by atoms with Crippen LogP contribution >= 0.6 is 0 Å². The Morgan fingerprint density at radius 1 is 1.44 bits per heavy atom. The molecule has 0 aliphatic carbocycles. The third kappa shape index (κ3) is 3.63. The number of hydrogen-bond acceptors (Lipinski definition) is 4. The molecule has 0 radical (unpaired) electrons. The van der Waals surface area contributed by atoms with Gasteiger partial charge in [-0.15, -0.1) is 0 Å². The molecule has 1 aliphatic heterocycles. The molecule has 0 spiro atoms. The quantitative estimate of drug-likeness (QED) is 0.898. The van der Waals surface area contributed by atoms with Gasteiger partial charge in [0, 0.05) is 32.2 Å². The number of amides is 1. The van der Waals surface area contributed by atoms with Crippen molar-refractivity contribution < 1.29 is 18.3 Å². The van der Waals surface area contributed by atoms with Gasteiger partial charge in [0.1, 0.15) is 11.4 Å². The number of imidazole rings is 1. The van der Waals surface area contributed by atoms with Crippen LogP contribution in [0.2, 0.25) is 0 Å². The predicted molar refractivity (Wildman–Crippen MR) is 87.6 cm³/mol. The maximum absolute atomic E-state index is 13.3. The number of halogens is 2. The summed E-state index contributed by atoms with van der Waals surface area (Å²) in [5.41, 5.74) is -0.567. The van der Waals surface area contributed by atoms with Crippen molar-refractivity contribution >= 4 is 11.6 Å². The van der Waals surface area contributed by atoms with Crippen molar-refractivity contribution in [3.05, 3.63) is 30.0 Å². The Hall–Kier alpha value is -2.09. The number of nitrogens with zero attached hydrogens (tertiary/aromatic N) is 3. The first kappa shape index (κ1) is 17.7. The standard InChI is InChI=1S/C17H22F2N4O2/c1-17(2,11-3-7-25-8-4-11)10-21-16(24)14-13(15(18)19)22-12-9-20-5-6-23(12)14/h5-6,9,11,15H,3-4,7-8,10H2,1-2H3,(H,21,24). The smallest absolute Gasteiger partial charge is 0.282 e. The van der Waals surface area contributed by atoms with E-state index in [2.05, 4.69) is 29.1 Å². The SMILES string of the molecule is CC(C)(CNC(=O)c1c(C(F)F)nc2cnccn12)C1CCOCC1. The number of nitrogens with one attached hydrogen (secondary N) is 1. The maximum atomic E-state index is 13.3. The minimum Gasteiger partial charge on any atom is -0.381 e. The lowest BCUT2D eigenvalue weighted by atomic mass is 9.74. The van der Waals surface area contributed by atoms with Gasteiger partial charge in [-0.2, -0.15) is 0 Å². The number of ether oxygens (including phenoxy) is 1. The molecule has 8 heteroatoms. The van der Waals surface area contributed by atoms with Gasteiger partial charge >= 0.3 is 0 Å². The lowest BCUT2D eigenvalue weighted by Crippen LogP contribution is -2.41. The van der Waals surface area contributed by atoms with E-state index >= 15 is 0 Å². The molecule has 1 fully saturated rings. The van der Waals surface area contributed by atoms with Gasteiger partial charge < -0.3 is 10.1 Å². The number of aromatic nitrogens is 3. The number of fused-ring (bicyclic) bond motifs is 1. The summed E-state index contributed by atoms with van der Waals surface area (Å²) in [6, 6.07) is 0. The molecular weight excluding hydrogens is 330 g/mol. The van der Waals surface area contributed by atoms with Crippen LogP contribution in [0.25, 0.3) is 5.65 Å². The molecule has 0 aromatic carbocycles. The van der Waals surface area contributed by atoms with E-state index < -0.39 is 18.0 Å². The third-order valence-corrected chi connectivity index (χ3v) is 4.91. The Morgan fingerprint density at radius 3 is 2.84 bits per heavy atom. The van der Waals surface area contributed by atoms with Gasteiger partial charge in [-0.3, -0.25) is 14.2 Å². The summed E-state index contributed by atoms with van der Waals surface area (Å²) in [5.74, 6) is -0.128. The zero-order valence-corrected chi connectivity index (χ0v) is 14.3. The second-order valence-electron chi connectivity index (χ2n) is 7.01. The molecule has 1 saturated heterocycles. The van der Waals surface area contributed by atoms with Crippen molar-refractivity contribution in [2.24, 2.45) is 11.3 Å². The van der Waals surface area contributed by atoms with Crippen LogP contribution in [0.1, 0.15) is 49.3 Å². The molecule has 0 atom stereocenters. The molecule has 2 aromatic rings. The minimum absolute atomic E-state index is 0.129. The highest BCUT2D eigenvalue weighted by molar-refractivity contribution is 5.94. The summed E-state index contributed by atoms with van der Waals surface area (Å²) in [4.78, 5) is 20.3. The van der Waals surface area contributed by atoms with Crippen LogP contribution in [0, 0.1) is 11.3 Å². The summed E-state index contributed by atoms with van der Waals surface area (Å²) in [5, 5.41) is 2.82. The monoisotopic (exact) mass is 352 g/mol. The number of hydrogen-bond donors (Lipinski definition) is 1. The molecule has 3 heterocycles. The van der Waals surface area contributed by atoms with Gasteiger partial charge in [0.25, 0.3) is 12.3 Å². The lowest BCUT2D eigenvalue weighted by molar-refractivity contribution is 0.0227. The number of alkyl halides is 2. The zero-order valence-electron chi connectivity index (χ0n) is 14.3. The van der Waals surface area contributed by atoms with E-state index in [0.29, 0.717) is 12.5 Å². The van der Waals surface area contributed by atoms with E-state index in [9.17, 15) is 13.6 Å². The van der Waals surface area contributed by atoms with Gasteiger partial charge in [0.2, 0.25) is 0 Å². The van der Waals surface area contributed by atoms with Gasteiger partial charge in [-0.05, 0) is 24.2 Å². The topological polar surface area (TPSA) is 68.5 Å². The molecule has 0 unspecified atom stereocenters. The minimum atomic E-state index is -2.83. The summed E-state index contributed by atoms with van der Waals surface area (Å²) in [6.07, 6.45) is 3.30. The summed E-state index contributed by atoms with van der Waals surface area (Å²) >= 11 is 0. The first-order chi connectivity index (χ1) is 11.9. The maximum Gasteiger partial charge on any atom is 0.282 e. The second kappa shape index (κ2) is 7.03. The predicted octanol–water partition coefficient (Wildman–Crippen LogP) is 2.85. The molecule has 2 aromatic heterocycles. The van der Waals surface area contributed by atoms with Crippen molar-refractivity contribution in [1.29, 1.82) is 0 Å². The average Bonchev–Trinajstić information content (AvgIpc) is 3.00. The molecule has 0 bridgehead atoms. The zero-order chi connectivity index (χ0) is 18.0. The van der Waals surface area contributed by atoms with Crippen LogP contribution in [0.3, 0.4) is 0 Å². The van der Waals surface area contributed by atoms with Gasteiger partial charge in [0.05, 0.1) is 6.20 Å². The van der Waals surface area contributed by atoms with E-state index in [0.717, 1.165) is 26.1 Å². The fourth-order valence-electron chi connectivity index (χ4n) is 3.32. The van der Waals surface area contributed by atoms with Crippen LogP contribution < -0.4 is 5.32 Å². The van der Waals surface area contributed by atoms with Gasteiger partial charge in [-0.25, -0.2) is 13.8 Å². The number of carbonyl (C=O) groups is 1. The van der Waals surface area contributed by atoms with E-state index in [1.807, 2.05) is 0 Å². The first-order valence-corrected chi connectivity index (χ1v) is 8.36. The van der Waals surface area contributed by atoms with Crippen LogP contribution in [-0.2, 0) is 4.74 Å². The van der Waals surface area contributed by atoms with Crippen molar-refractivity contribution in [2.75, 3.05) is 19.8 Å². The van der Waals surface area contributed by atoms with Crippen molar-refractivity contribution in [3.8, 4) is 0 Å². The van der Waals surface area contributed by atoms with Gasteiger partial charge in [-0.1, -0.05) is 13.8 Å². The van der Waals surface area contributed by atoms with Crippen LogP contribution in [0.4, 0.5) is 8.78 Å². The first-order valence-electron chi connectivity index (χ1n) is 8.36. The fourth-order valence-corrected chi connectivity index (χ4v) is 3.32. The molecule has 25 heavy (non-hydrogen) atoms. The van der Waals surface area contributed by atoms with Crippen molar-refractivity contribution in [3.63, 3.8) is 0 Å². The Labute approximate surface area is 144 Å². The highest BCUT2D eigenvalue weighted by Crippen LogP contribution is 2.34. The second-order valence-corrected chi connectivity index (χ2v) is 7.01. The molecule has 1 aliphatic rings. The van der Waals surface area contributed by atoms with Crippen LogP contribution in [-0.4, -0.2) is 40.0 Å². The largest absolute Gasteiger partial charge is 0.381 e. The van der Waals surface area contributed by atoms with Crippen molar-refractivity contribution in [1.82, 2.24) is 19.7 Å². The fraction of sp³-hybridized carbons (Fsp3) is 0.588. The molecule has 1 N–H and O–H groups in total. The van der Waals surface area contributed by atoms with Crippen LogP contribution in [0.15, 0.2) is 18.6 Å². The number of rotatable bonds is 5. The Morgan fingerprint density at radius 2 is 2.16 bits per heavy atom. The summed E-state index contributed by atoms with van der Waals surface area (Å²) < 4.78 is 33.3. The van der Waals surface area contributed by atoms with Crippen molar-refractivity contribution in [2.45, 2.75) is 33.1 Å². The molecule has 1 amide bonds.